The lowest BCUT2D eigenvalue weighted by Gasteiger charge is -2.31. The van der Waals surface area contributed by atoms with Gasteiger partial charge in [-0.3, -0.25) is 0 Å². The zero-order valence-corrected chi connectivity index (χ0v) is 14.3. The first-order valence-electron chi connectivity index (χ1n) is 8.11. The van der Waals surface area contributed by atoms with Crippen molar-refractivity contribution in [2.75, 3.05) is 7.11 Å². The SMILES string of the molecule is C=C[C@H]([C@H]1O[C@H](OC)[C@H]2OC(C)(C)O[C@H]21)N(O)Cc1ccccc1. The molecule has 2 aliphatic heterocycles. The van der Waals surface area contributed by atoms with Crippen molar-refractivity contribution < 1.29 is 24.2 Å². The highest BCUT2D eigenvalue weighted by molar-refractivity contribution is 5.15. The number of ether oxygens (including phenoxy) is 4. The van der Waals surface area contributed by atoms with Crippen LogP contribution in [0.3, 0.4) is 0 Å². The van der Waals surface area contributed by atoms with Crippen LogP contribution in [0.1, 0.15) is 19.4 Å². The van der Waals surface area contributed by atoms with Crippen LogP contribution in [-0.2, 0) is 25.5 Å². The molecule has 0 unspecified atom stereocenters. The van der Waals surface area contributed by atoms with Crippen molar-refractivity contribution in [2.45, 2.75) is 56.8 Å². The third kappa shape index (κ3) is 3.39. The van der Waals surface area contributed by atoms with E-state index in [0.717, 1.165) is 5.56 Å². The minimum Gasteiger partial charge on any atom is -0.353 e. The number of hydrogen-bond donors (Lipinski definition) is 1. The summed E-state index contributed by atoms with van der Waals surface area (Å²) in [7, 11) is 1.57. The molecule has 0 radical (unpaired) electrons. The van der Waals surface area contributed by atoms with Gasteiger partial charge < -0.3 is 24.2 Å². The van der Waals surface area contributed by atoms with Crippen LogP contribution in [0.15, 0.2) is 43.0 Å². The van der Waals surface area contributed by atoms with E-state index in [1.165, 1.54) is 5.06 Å². The van der Waals surface area contributed by atoms with Crippen molar-refractivity contribution >= 4 is 0 Å². The van der Waals surface area contributed by atoms with E-state index in [1.54, 1.807) is 13.2 Å². The Hall–Kier alpha value is -1.28. The summed E-state index contributed by atoms with van der Waals surface area (Å²) in [5.74, 6) is -0.709. The summed E-state index contributed by atoms with van der Waals surface area (Å²) in [4.78, 5) is 0. The lowest BCUT2D eigenvalue weighted by atomic mass is 10.0. The van der Waals surface area contributed by atoms with Gasteiger partial charge in [0.2, 0.25) is 0 Å². The van der Waals surface area contributed by atoms with Gasteiger partial charge in [-0.2, -0.15) is 5.06 Å². The van der Waals surface area contributed by atoms with Gasteiger partial charge in [0.15, 0.2) is 12.1 Å². The van der Waals surface area contributed by atoms with Gasteiger partial charge in [0, 0.05) is 13.7 Å². The lowest BCUT2D eigenvalue weighted by Crippen LogP contribution is -2.46. The predicted molar refractivity (Wildman–Crippen MR) is 87.3 cm³/mol. The topological polar surface area (TPSA) is 60.4 Å². The zero-order valence-electron chi connectivity index (χ0n) is 14.3. The van der Waals surface area contributed by atoms with Gasteiger partial charge >= 0.3 is 0 Å². The first-order valence-corrected chi connectivity index (χ1v) is 8.11. The maximum atomic E-state index is 10.6. The first-order chi connectivity index (χ1) is 11.4. The smallest absolute Gasteiger partial charge is 0.186 e. The molecule has 0 aliphatic carbocycles. The molecule has 2 heterocycles. The molecular weight excluding hydrogens is 310 g/mol. The molecule has 2 saturated heterocycles. The van der Waals surface area contributed by atoms with Crippen LogP contribution >= 0.6 is 0 Å². The minimum atomic E-state index is -0.709. The Bertz CT molecular complexity index is 564. The van der Waals surface area contributed by atoms with E-state index < -0.39 is 24.2 Å². The van der Waals surface area contributed by atoms with Gasteiger partial charge in [0.1, 0.15) is 18.3 Å². The molecule has 1 N–H and O–H groups in total. The standard InChI is InChI=1S/C18H25NO5/c1-5-13(19(20)11-12-9-7-6-8-10-12)14-15-16(17(21-4)22-14)24-18(2,3)23-15/h5-10,13-17,20H,1,11H2,2-4H3/t13-,14-,15+,16+,17+/m1/s1. The number of fused-ring (bicyclic) bond motifs is 1. The van der Waals surface area contributed by atoms with Gasteiger partial charge in [-0.05, 0) is 19.4 Å². The largest absolute Gasteiger partial charge is 0.353 e. The number of rotatable bonds is 6. The average molecular weight is 335 g/mol. The van der Waals surface area contributed by atoms with E-state index in [9.17, 15) is 5.21 Å². The quantitative estimate of drug-likeness (QED) is 0.636. The van der Waals surface area contributed by atoms with Gasteiger partial charge in [-0.1, -0.05) is 36.4 Å². The molecule has 1 aromatic carbocycles. The predicted octanol–water partition coefficient (Wildman–Crippen LogP) is 2.32. The second-order valence-corrected chi connectivity index (χ2v) is 6.58. The Kier molecular flexibility index (Phi) is 5.05. The van der Waals surface area contributed by atoms with Gasteiger partial charge in [0.25, 0.3) is 0 Å². The lowest BCUT2D eigenvalue weighted by molar-refractivity contribution is -0.244. The van der Waals surface area contributed by atoms with Crippen LogP contribution < -0.4 is 0 Å². The molecule has 2 aliphatic rings. The van der Waals surface area contributed by atoms with E-state index >= 15 is 0 Å². The Labute approximate surface area is 142 Å². The molecule has 6 heteroatoms. The van der Waals surface area contributed by atoms with Gasteiger partial charge in [-0.25, -0.2) is 0 Å². The number of benzene rings is 1. The van der Waals surface area contributed by atoms with Crippen LogP contribution in [0.4, 0.5) is 0 Å². The number of nitrogens with zero attached hydrogens (tertiary/aromatic N) is 1. The molecule has 5 atom stereocenters. The van der Waals surface area contributed by atoms with E-state index in [0.29, 0.717) is 6.54 Å². The van der Waals surface area contributed by atoms with Crippen LogP contribution in [0.2, 0.25) is 0 Å². The summed E-state index contributed by atoms with van der Waals surface area (Å²) in [6.07, 6.45) is 0.0282. The summed E-state index contributed by atoms with van der Waals surface area (Å²) >= 11 is 0. The van der Waals surface area contributed by atoms with E-state index in [2.05, 4.69) is 6.58 Å². The fourth-order valence-corrected chi connectivity index (χ4v) is 3.36. The Morgan fingerprint density at radius 1 is 1.29 bits per heavy atom. The van der Waals surface area contributed by atoms with Gasteiger partial charge in [0.05, 0.1) is 6.04 Å². The number of hydrogen-bond acceptors (Lipinski definition) is 6. The second-order valence-electron chi connectivity index (χ2n) is 6.58. The van der Waals surface area contributed by atoms with E-state index in [-0.39, 0.29) is 12.2 Å². The summed E-state index contributed by atoms with van der Waals surface area (Å²) in [5, 5.41) is 11.8. The highest BCUT2D eigenvalue weighted by Crippen LogP contribution is 2.40. The molecule has 6 nitrogen and oxygen atoms in total. The zero-order chi connectivity index (χ0) is 17.3. The maximum absolute atomic E-state index is 10.6. The fraction of sp³-hybridized carbons (Fsp3) is 0.556. The van der Waals surface area contributed by atoms with Crippen molar-refractivity contribution in [2.24, 2.45) is 0 Å². The highest BCUT2D eigenvalue weighted by Gasteiger charge is 2.57. The Balaban J connectivity index is 1.76. The van der Waals surface area contributed by atoms with Crippen molar-refractivity contribution in [3.8, 4) is 0 Å². The van der Waals surface area contributed by atoms with Crippen LogP contribution in [0, 0.1) is 0 Å². The molecule has 0 aromatic heterocycles. The molecule has 132 valence electrons. The normalized spacial score (nSPS) is 32.7. The summed E-state index contributed by atoms with van der Waals surface area (Å²) in [6, 6.07) is 9.28. The second kappa shape index (κ2) is 6.92. The maximum Gasteiger partial charge on any atom is 0.186 e. The van der Waals surface area contributed by atoms with Crippen molar-refractivity contribution in [1.82, 2.24) is 5.06 Å². The fourth-order valence-electron chi connectivity index (χ4n) is 3.36. The average Bonchev–Trinajstić information content (AvgIpc) is 3.03. The Morgan fingerprint density at radius 3 is 2.58 bits per heavy atom. The van der Waals surface area contributed by atoms with Crippen LogP contribution in [0.25, 0.3) is 0 Å². The summed E-state index contributed by atoms with van der Waals surface area (Å²) in [6.45, 7) is 7.93. The minimum absolute atomic E-state index is 0.331. The van der Waals surface area contributed by atoms with Gasteiger partial charge in [-0.15, -0.1) is 6.58 Å². The number of methoxy groups -OCH3 is 1. The van der Waals surface area contributed by atoms with Crippen molar-refractivity contribution in [3.05, 3.63) is 48.6 Å². The summed E-state index contributed by atoms with van der Waals surface area (Å²) in [5.41, 5.74) is 0.994. The van der Waals surface area contributed by atoms with Crippen molar-refractivity contribution in [1.29, 1.82) is 0 Å². The van der Waals surface area contributed by atoms with Crippen molar-refractivity contribution in [3.63, 3.8) is 0 Å². The van der Waals surface area contributed by atoms with Crippen LogP contribution in [0.5, 0.6) is 0 Å². The highest BCUT2D eigenvalue weighted by atomic mass is 16.8. The third-order valence-corrected chi connectivity index (χ3v) is 4.39. The summed E-state index contributed by atoms with van der Waals surface area (Å²) < 4.78 is 23.2. The third-order valence-electron chi connectivity index (χ3n) is 4.39. The Morgan fingerprint density at radius 2 is 1.96 bits per heavy atom. The van der Waals surface area contributed by atoms with E-state index in [1.807, 2.05) is 44.2 Å². The molecule has 0 amide bonds. The molecule has 1 aromatic rings. The first kappa shape index (κ1) is 17.5. The van der Waals surface area contributed by atoms with Crippen LogP contribution in [-0.4, -0.2) is 53.8 Å². The molecule has 0 spiro atoms. The monoisotopic (exact) mass is 335 g/mol. The molecule has 24 heavy (non-hydrogen) atoms. The van der Waals surface area contributed by atoms with E-state index in [4.69, 9.17) is 18.9 Å². The molecule has 2 fully saturated rings. The number of hydroxylamine groups is 2. The molecule has 3 rings (SSSR count). The molecule has 0 saturated carbocycles. The molecule has 0 bridgehead atoms. The molecular formula is C18H25NO5.